The molecule has 2 heterocycles. The minimum atomic E-state index is -0.630. The van der Waals surface area contributed by atoms with E-state index in [1.807, 2.05) is 0 Å². The minimum Gasteiger partial charge on any atom is -0.462 e. The lowest BCUT2D eigenvalue weighted by Gasteiger charge is -2.72. The van der Waals surface area contributed by atoms with Crippen molar-refractivity contribution in [2.24, 2.45) is 50.7 Å². The molecule has 7 rings (SSSR count). The van der Waals surface area contributed by atoms with Gasteiger partial charge in [0, 0.05) is 37.9 Å². The van der Waals surface area contributed by atoms with Crippen LogP contribution in [0.3, 0.4) is 0 Å². The van der Waals surface area contributed by atoms with Gasteiger partial charge in [-0.25, -0.2) is 0 Å². The Bertz CT molecular complexity index is 1330. The molecule has 2 saturated heterocycles. The van der Waals surface area contributed by atoms with Crippen molar-refractivity contribution in [1.29, 1.82) is 0 Å². The van der Waals surface area contributed by atoms with Crippen LogP contribution in [0.5, 0.6) is 0 Å². The fraction of sp³-hybridized carbons (Fsp3) is 0.875. The normalized spacial score (nSPS) is 45.4. The Balaban J connectivity index is 1.22. The van der Waals surface area contributed by atoms with Crippen molar-refractivity contribution in [1.82, 2.24) is 9.80 Å². The summed E-state index contributed by atoms with van der Waals surface area (Å²) in [6.45, 7) is 22.4. The van der Waals surface area contributed by atoms with Crippen molar-refractivity contribution in [2.75, 3.05) is 26.2 Å². The zero-order valence-corrected chi connectivity index (χ0v) is 30.3. The van der Waals surface area contributed by atoms with Gasteiger partial charge in [0.2, 0.25) is 5.91 Å². The van der Waals surface area contributed by atoms with Crippen LogP contribution in [0.15, 0.2) is 11.1 Å². The molecule has 0 unspecified atom stereocenters. The van der Waals surface area contributed by atoms with Gasteiger partial charge in [-0.1, -0.05) is 48.5 Å². The summed E-state index contributed by atoms with van der Waals surface area (Å²) in [5, 5.41) is 0. The minimum absolute atomic E-state index is 0.0143. The zero-order valence-electron chi connectivity index (χ0n) is 30.3. The molecule has 6 fully saturated rings. The first kappa shape index (κ1) is 32.8. The summed E-state index contributed by atoms with van der Waals surface area (Å²) in [6, 6.07) is 0.483. The number of likely N-dealkylation sites (tertiary alicyclic amines) is 2. The third kappa shape index (κ3) is 4.39. The highest BCUT2D eigenvalue weighted by molar-refractivity contribution is 6.07. The average Bonchev–Trinajstić information content (AvgIpc) is 3.73. The van der Waals surface area contributed by atoms with E-state index in [1.54, 1.807) is 6.92 Å². The molecular weight excluding hydrogens is 572 g/mol. The summed E-state index contributed by atoms with van der Waals surface area (Å²) < 4.78 is 5.95. The number of hydrogen-bond donors (Lipinski definition) is 0. The lowest BCUT2D eigenvalue weighted by molar-refractivity contribution is -0.232. The Morgan fingerprint density at radius 3 is 2.22 bits per heavy atom. The van der Waals surface area contributed by atoms with Gasteiger partial charge in [-0.05, 0) is 135 Å². The molecule has 0 aromatic heterocycles. The number of rotatable bonds is 4. The molecule has 9 atom stereocenters. The second-order valence-corrected chi connectivity index (χ2v) is 18.7. The van der Waals surface area contributed by atoms with Gasteiger partial charge in [0.05, 0.1) is 5.41 Å². The first-order chi connectivity index (χ1) is 21.6. The van der Waals surface area contributed by atoms with Gasteiger partial charge in [0.1, 0.15) is 6.10 Å². The fourth-order valence-corrected chi connectivity index (χ4v) is 13.9. The quantitative estimate of drug-likeness (QED) is 0.298. The molecule has 256 valence electrons. The monoisotopic (exact) mass is 634 g/mol. The summed E-state index contributed by atoms with van der Waals surface area (Å²) >= 11 is 0. The molecule has 46 heavy (non-hydrogen) atoms. The van der Waals surface area contributed by atoms with Crippen molar-refractivity contribution in [3.63, 3.8) is 0 Å². The molecule has 0 aromatic carbocycles. The van der Waals surface area contributed by atoms with E-state index < -0.39 is 5.41 Å². The number of allylic oxidation sites excluding steroid dienone is 1. The molecule has 0 aromatic rings. The highest BCUT2D eigenvalue weighted by atomic mass is 16.5. The first-order valence-electron chi connectivity index (χ1n) is 19.1. The van der Waals surface area contributed by atoms with Crippen LogP contribution in [0.25, 0.3) is 0 Å². The first-order valence-corrected chi connectivity index (χ1v) is 19.1. The van der Waals surface area contributed by atoms with Crippen LogP contribution in [-0.4, -0.2) is 65.8 Å². The third-order valence-corrected chi connectivity index (χ3v) is 16.2. The molecule has 2 aliphatic heterocycles. The molecule has 1 amide bonds. The lowest BCUT2D eigenvalue weighted by Crippen LogP contribution is -2.66. The molecule has 4 saturated carbocycles. The SMILES string of the molecule is CC(=O)O[C@H]1CC[C@]2(C)[C@H]3CC[C@@H]4C5=C(C(C)C)C(=O)C[C@]5(C(=O)N5CC[C@@H](N6CCCC6)C5)CC[C@@]4(C)[C@]3(C)CC[C@H]2C1(C)C. The Hall–Kier alpha value is -1.69. The average molecular weight is 635 g/mol. The molecule has 6 heteroatoms. The second-order valence-electron chi connectivity index (χ2n) is 18.7. The fourth-order valence-electron chi connectivity index (χ4n) is 13.9. The smallest absolute Gasteiger partial charge is 0.302 e. The molecule has 0 bridgehead atoms. The number of Topliss-reactive ketones (excluding diaryl/α,β-unsaturated/α-hetero) is 1. The van der Waals surface area contributed by atoms with Crippen molar-refractivity contribution < 1.29 is 19.1 Å². The molecule has 0 radical (unpaired) electrons. The zero-order chi connectivity index (χ0) is 33.0. The van der Waals surface area contributed by atoms with E-state index in [0.717, 1.165) is 70.0 Å². The number of carbonyl (C=O) groups excluding carboxylic acids is 3. The van der Waals surface area contributed by atoms with Crippen LogP contribution in [0.2, 0.25) is 0 Å². The Morgan fingerprint density at radius 1 is 0.826 bits per heavy atom. The molecule has 0 N–H and O–H groups in total. The molecule has 7 aliphatic rings. The molecule has 6 nitrogen and oxygen atoms in total. The predicted octanol–water partition coefficient (Wildman–Crippen LogP) is 7.60. The maximum absolute atomic E-state index is 14.9. The van der Waals surface area contributed by atoms with E-state index in [1.165, 1.54) is 37.9 Å². The van der Waals surface area contributed by atoms with Gasteiger partial charge < -0.3 is 9.64 Å². The summed E-state index contributed by atoms with van der Waals surface area (Å²) in [5.74, 6) is 1.91. The highest BCUT2D eigenvalue weighted by Crippen LogP contribution is 2.77. The number of fused-ring (bicyclic) bond motifs is 7. The van der Waals surface area contributed by atoms with Crippen LogP contribution in [0, 0.1) is 50.7 Å². The second kappa shape index (κ2) is 10.9. The van der Waals surface area contributed by atoms with Gasteiger partial charge in [0.15, 0.2) is 5.78 Å². The number of ether oxygens (including phenoxy) is 1. The van der Waals surface area contributed by atoms with Crippen molar-refractivity contribution in [3.05, 3.63) is 11.1 Å². The van der Waals surface area contributed by atoms with E-state index in [4.69, 9.17) is 4.74 Å². The maximum Gasteiger partial charge on any atom is 0.302 e. The van der Waals surface area contributed by atoms with Crippen LogP contribution in [0.1, 0.15) is 132 Å². The standard InChI is InChI=1S/C40H62N2O4/c1-25(2)33-29(44)23-40(35(45)42-22-15-27(24-42)41-20-9-10-21-41)19-18-38(7)28(34(33)40)11-12-31-37(6)16-14-32(46-26(3)43)36(4,5)30(37)13-17-39(31,38)8/h25,27-28,30-32H,9-24H2,1-8H3/t27-,28-,30+,31-,32+,37+,38-,39-,40-/m1/s1. The predicted molar refractivity (Wildman–Crippen MR) is 181 cm³/mol. The summed E-state index contributed by atoms with van der Waals surface area (Å²) in [5.41, 5.74) is 2.00. The van der Waals surface area contributed by atoms with Crippen molar-refractivity contribution in [3.8, 4) is 0 Å². The van der Waals surface area contributed by atoms with Crippen molar-refractivity contribution in [2.45, 2.75) is 145 Å². The Morgan fingerprint density at radius 2 is 1.54 bits per heavy atom. The molecule has 0 spiro atoms. The molecule has 5 aliphatic carbocycles. The van der Waals surface area contributed by atoms with Gasteiger partial charge in [-0.2, -0.15) is 0 Å². The van der Waals surface area contributed by atoms with E-state index >= 15 is 0 Å². The topological polar surface area (TPSA) is 66.9 Å². The Kier molecular flexibility index (Phi) is 7.79. The number of nitrogens with zero attached hydrogens (tertiary/aromatic N) is 2. The maximum atomic E-state index is 14.9. The largest absolute Gasteiger partial charge is 0.462 e. The number of hydrogen-bond acceptors (Lipinski definition) is 5. The van der Waals surface area contributed by atoms with Crippen LogP contribution < -0.4 is 0 Å². The molecular formula is C40H62N2O4. The lowest BCUT2D eigenvalue weighted by atomic mass is 9.33. The summed E-state index contributed by atoms with van der Waals surface area (Å²) in [4.78, 5) is 45.8. The van der Waals surface area contributed by atoms with E-state index in [0.29, 0.717) is 24.3 Å². The van der Waals surface area contributed by atoms with Crippen molar-refractivity contribution >= 4 is 17.7 Å². The number of esters is 1. The number of ketones is 1. The number of amides is 1. The van der Waals surface area contributed by atoms with E-state index in [-0.39, 0.29) is 57.3 Å². The van der Waals surface area contributed by atoms with Gasteiger partial charge >= 0.3 is 5.97 Å². The van der Waals surface area contributed by atoms with Gasteiger partial charge in [0.25, 0.3) is 0 Å². The third-order valence-electron chi connectivity index (χ3n) is 16.2. The van der Waals surface area contributed by atoms with E-state index in [9.17, 15) is 14.4 Å². The van der Waals surface area contributed by atoms with Crippen LogP contribution >= 0.6 is 0 Å². The van der Waals surface area contributed by atoms with E-state index in [2.05, 4.69) is 58.3 Å². The van der Waals surface area contributed by atoms with Gasteiger partial charge in [-0.15, -0.1) is 0 Å². The Labute approximate surface area is 278 Å². The highest BCUT2D eigenvalue weighted by Gasteiger charge is 2.71. The number of carbonyl (C=O) groups is 3. The van der Waals surface area contributed by atoms with Crippen LogP contribution in [0.4, 0.5) is 0 Å². The van der Waals surface area contributed by atoms with Crippen LogP contribution in [-0.2, 0) is 19.1 Å². The summed E-state index contributed by atoms with van der Waals surface area (Å²) in [7, 11) is 0. The van der Waals surface area contributed by atoms with Gasteiger partial charge in [-0.3, -0.25) is 19.3 Å². The summed E-state index contributed by atoms with van der Waals surface area (Å²) in [6.07, 6.45) is 12.5.